The summed E-state index contributed by atoms with van der Waals surface area (Å²) in [7, 11) is 0. The molecular formula is C28H29N5O5S2. The number of anilines is 2. The fourth-order valence-corrected chi connectivity index (χ4v) is 5.91. The van der Waals surface area contributed by atoms with Gasteiger partial charge >= 0.3 is 11.4 Å². The van der Waals surface area contributed by atoms with Crippen molar-refractivity contribution in [3.63, 3.8) is 0 Å². The van der Waals surface area contributed by atoms with Crippen molar-refractivity contribution in [1.29, 1.82) is 0 Å². The van der Waals surface area contributed by atoms with E-state index in [4.69, 9.17) is 13.7 Å². The molecule has 5 rings (SSSR count). The molecule has 0 bridgehead atoms. The molecule has 1 aliphatic carbocycles. The smallest absolute Gasteiger partial charge is 0.301 e. The third-order valence-corrected chi connectivity index (χ3v) is 8.10. The zero-order valence-corrected chi connectivity index (χ0v) is 23.6. The Balaban J connectivity index is 1.37. The van der Waals surface area contributed by atoms with Gasteiger partial charge in [-0.15, -0.1) is 10.2 Å². The van der Waals surface area contributed by atoms with Crippen LogP contribution in [0.15, 0.2) is 64.3 Å². The lowest BCUT2D eigenvalue weighted by Crippen LogP contribution is -2.30. The van der Waals surface area contributed by atoms with Crippen LogP contribution in [0.5, 0.6) is 0 Å². The number of aromatic nitrogens is 1. The quantitative estimate of drug-likeness (QED) is 0.134. The molecule has 40 heavy (non-hydrogen) atoms. The van der Waals surface area contributed by atoms with E-state index in [1.807, 2.05) is 36.1 Å². The van der Waals surface area contributed by atoms with E-state index in [-0.39, 0.29) is 23.7 Å². The molecular weight excluding hydrogens is 550 g/mol. The number of likely N-dealkylation sites (N-methyl/N-ethyl adjacent to an activating group) is 1. The normalized spacial score (nSPS) is 16.1. The topological polar surface area (TPSA) is 125 Å². The lowest BCUT2D eigenvalue weighted by atomic mass is 10.1. The predicted octanol–water partition coefficient (Wildman–Crippen LogP) is 5.99. The molecule has 1 atom stereocenters. The lowest BCUT2D eigenvalue weighted by molar-refractivity contribution is 0.0990. The van der Waals surface area contributed by atoms with E-state index in [1.165, 1.54) is 11.3 Å². The Morgan fingerprint density at radius 2 is 1.73 bits per heavy atom. The Labute approximate surface area is 238 Å². The first-order valence-corrected chi connectivity index (χ1v) is 15.0. The summed E-state index contributed by atoms with van der Waals surface area (Å²) in [6.07, 6.45) is 4.93. The van der Waals surface area contributed by atoms with Crippen molar-refractivity contribution in [3.8, 4) is 0 Å². The number of ketones is 2. The zero-order chi connectivity index (χ0) is 28.1. The number of benzene rings is 2. The van der Waals surface area contributed by atoms with Crippen LogP contribution in [0.1, 0.15) is 51.8 Å². The van der Waals surface area contributed by atoms with Crippen molar-refractivity contribution >= 4 is 62.7 Å². The maximum Gasteiger partial charge on any atom is 0.301 e. The maximum atomic E-state index is 13.0. The van der Waals surface area contributed by atoms with Gasteiger partial charge in [0.25, 0.3) is 0 Å². The van der Waals surface area contributed by atoms with Crippen molar-refractivity contribution in [2.75, 3.05) is 42.6 Å². The van der Waals surface area contributed by atoms with Gasteiger partial charge in [0.15, 0.2) is 11.6 Å². The minimum atomic E-state index is -2.28. The number of rotatable bonds is 10. The molecule has 1 fully saturated rings. The number of allylic oxidation sites excluding steroid dienone is 1. The van der Waals surface area contributed by atoms with E-state index >= 15 is 0 Å². The fraction of sp³-hybridized carbons (Fsp3) is 0.321. The van der Waals surface area contributed by atoms with Crippen LogP contribution in [-0.2, 0) is 15.5 Å². The molecule has 0 saturated carbocycles. The first-order valence-electron chi connectivity index (χ1n) is 13.1. The number of hydrogen-bond acceptors (Lipinski definition) is 10. The molecule has 0 amide bonds. The van der Waals surface area contributed by atoms with Crippen LogP contribution in [0.3, 0.4) is 0 Å². The molecule has 1 saturated heterocycles. The molecule has 1 aromatic heterocycles. The third-order valence-electron chi connectivity index (χ3n) is 6.85. The van der Waals surface area contributed by atoms with Crippen molar-refractivity contribution in [2.24, 2.45) is 10.2 Å². The molecule has 208 valence electrons. The van der Waals surface area contributed by atoms with Crippen molar-refractivity contribution < 1.29 is 22.5 Å². The summed E-state index contributed by atoms with van der Waals surface area (Å²) in [6, 6.07) is 14.4. The lowest BCUT2D eigenvalue weighted by Gasteiger charge is -2.27. The fourth-order valence-electron chi connectivity index (χ4n) is 4.84. The largest absolute Gasteiger partial charge is 0.369 e. The highest BCUT2D eigenvalue weighted by Crippen LogP contribution is 2.38. The monoisotopic (exact) mass is 579 g/mol. The summed E-state index contributed by atoms with van der Waals surface area (Å²) in [5, 5.41) is 9.19. The number of nitrogens with zero attached hydrogens (tertiary/aromatic N) is 5. The van der Waals surface area contributed by atoms with Crippen molar-refractivity contribution in [3.05, 3.63) is 70.1 Å². The molecule has 1 aliphatic heterocycles. The average Bonchev–Trinajstić information content (AvgIpc) is 3.49. The SMILES string of the molecule is CCN(CCOS(=O)O)c1ccc(N=Nc2nc(N3CCCCC3)c(C=C3C(=O)c4ccccc4C3=O)s2)cc1. The van der Waals surface area contributed by atoms with Crippen molar-refractivity contribution in [2.45, 2.75) is 26.2 Å². The molecule has 2 aromatic carbocycles. The zero-order valence-electron chi connectivity index (χ0n) is 22.0. The maximum absolute atomic E-state index is 13.0. The molecule has 2 aliphatic rings. The number of piperidine rings is 1. The molecule has 1 unspecified atom stereocenters. The summed E-state index contributed by atoms with van der Waals surface area (Å²) in [4.78, 5) is 35.7. The second-order valence-electron chi connectivity index (χ2n) is 9.33. The highest BCUT2D eigenvalue weighted by atomic mass is 32.2. The number of carbonyl (C=O) groups excluding carboxylic acids is 2. The van der Waals surface area contributed by atoms with E-state index in [1.54, 1.807) is 30.3 Å². The van der Waals surface area contributed by atoms with Gasteiger partial charge in [-0.1, -0.05) is 35.6 Å². The number of hydrogen-bond donors (Lipinski definition) is 1. The highest BCUT2D eigenvalue weighted by Gasteiger charge is 2.33. The molecule has 0 radical (unpaired) electrons. The summed E-state index contributed by atoms with van der Waals surface area (Å²) in [5.74, 6) is 0.195. The first-order chi connectivity index (χ1) is 19.4. The number of thiazole rings is 1. The van der Waals surface area contributed by atoms with Crippen LogP contribution in [0.4, 0.5) is 22.3 Å². The number of fused-ring (bicyclic) bond motifs is 1. The molecule has 0 spiro atoms. The van der Waals surface area contributed by atoms with E-state index in [2.05, 4.69) is 15.1 Å². The Bertz CT molecular complexity index is 1440. The molecule has 12 heteroatoms. The van der Waals surface area contributed by atoms with Crippen LogP contribution < -0.4 is 9.80 Å². The summed E-state index contributed by atoms with van der Waals surface area (Å²) < 4.78 is 24.2. The van der Waals surface area contributed by atoms with E-state index in [0.29, 0.717) is 35.0 Å². The molecule has 3 aromatic rings. The van der Waals surface area contributed by atoms with Gasteiger partial charge in [0.2, 0.25) is 5.13 Å². The Kier molecular flexibility index (Phi) is 8.90. The van der Waals surface area contributed by atoms with Crippen LogP contribution in [0.25, 0.3) is 6.08 Å². The highest BCUT2D eigenvalue weighted by molar-refractivity contribution is 7.74. The van der Waals surface area contributed by atoms with Gasteiger partial charge in [0.1, 0.15) is 5.82 Å². The van der Waals surface area contributed by atoms with Crippen LogP contribution in [-0.4, -0.2) is 58.1 Å². The molecule has 1 N–H and O–H groups in total. The van der Waals surface area contributed by atoms with Gasteiger partial charge in [-0.25, -0.2) is 0 Å². The Morgan fingerprint density at radius 1 is 1.05 bits per heavy atom. The van der Waals surface area contributed by atoms with E-state index in [0.717, 1.165) is 48.7 Å². The third kappa shape index (κ3) is 6.25. The second kappa shape index (κ2) is 12.7. The first kappa shape index (κ1) is 28.0. The summed E-state index contributed by atoms with van der Waals surface area (Å²) in [5.41, 5.74) is 2.58. The summed E-state index contributed by atoms with van der Waals surface area (Å²) >= 11 is -0.977. The van der Waals surface area contributed by atoms with Gasteiger partial charge in [-0.05, 0) is 56.5 Å². The van der Waals surface area contributed by atoms with Crippen molar-refractivity contribution in [1.82, 2.24) is 4.98 Å². The standard InChI is InChI=1S/C28H29N5O5S2/c1-2-32(16-17-38-40(36)37)20-12-10-19(11-13-20)30-31-28-29-27(33-14-6-3-7-15-33)24(39-28)18-23-25(34)21-8-4-5-9-22(21)26(23)35/h4-5,8-13,18H,2-3,6-7,14-17H2,1H3,(H,36,37). The van der Waals surface area contributed by atoms with Crippen LogP contribution in [0.2, 0.25) is 0 Å². The van der Waals surface area contributed by atoms with E-state index < -0.39 is 11.4 Å². The predicted molar refractivity (Wildman–Crippen MR) is 156 cm³/mol. The van der Waals surface area contributed by atoms with Gasteiger partial charge in [0, 0.05) is 43.0 Å². The van der Waals surface area contributed by atoms with E-state index in [9.17, 15) is 13.8 Å². The molecule has 2 heterocycles. The summed E-state index contributed by atoms with van der Waals surface area (Å²) in [6.45, 7) is 5.00. The number of Topliss-reactive ketones (excluding diaryl/α,β-unsaturated/α-hetero) is 2. The van der Waals surface area contributed by atoms with Gasteiger partial charge in [-0.2, -0.15) is 9.19 Å². The van der Waals surface area contributed by atoms with Crippen LogP contribution >= 0.6 is 11.3 Å². The van der Waals surface area contributed by atoms with Gasteiger partial charge in [0.05, 0.1) is 22.7 Å². The Hall–Kier alpha value is -3.58. The minimum Gasteiger partial charge on any atom is -0.369 e. The number of carbonyl (C=O) groups is 2. The second-order valence-corrected chi connectivity index (χ2v) is 11.0. The number of azo groups is 1. The van der Waals surface area contributed by atoms with Crippen LogP contribution in [0, 0.1) is 0 Å². The molecule has 10 nitrogen and oxygen atoms in total. The average molecular weight is 580 g/mol. The minimum absolute atomic E-state index is 0.129. The van der Waals surface area contributed by atoms with Gasteiger partial charge in [-0.3, -0.25) is 18.3 Å². The Morgan fingerprint density at radius 3 is 2.35 bits per heavy atom. The van der Waals surface area contributed by atoms with Gasteiger partial charge < -0.3 is 9.80 Å².